The summed E-state index contributed by atoms with van der Waals surface area (Å²) < 4.78 is 2.00. The Bertz CT molecular complexity index is 1310. The number of carbonyl (C=O) groups excluding carboxylic acids is 3. The van der Waals surface area contributed by atoms with E-state index >= 15 is 0 Å². The first-order valence-electron chi connectivity index (χ1n) is 9.80. The second-order valence-corrected chi connectivity index (χ2v) is 8.37. The summed E-state index contributed by atoms with van der Waals surface area (Å²) >= 11 is 12.2. The average molecular weight is 468 g/mol. The predicted molar refractivity (Wildman–Crippen MR) is 125 cm³/mol. The maximum absolute atomic E-state index is 13.2. The second-order valence-electron chi connectivity index (χ2n) is 7.53. The van der Waals surface area contributed by atoms with Crippen LogP contribution in [0.1, 0.15) is 22.5 Å². The number of anilines is 1. The van der Waals surface area contributed by atoms with Gasteiger partial charge in [0.15, 0.2) is 0 Å². The van der Waals surface area contributed by atoms with Crippen LogP contribution in [0.2, 0.25) is 10.0 Å². The first kappa shape index (κ1) is 21.9. The van der Waals surface area contributed by atoms with Crippen LogP contribution >= 0.6 is 23.2 Å². The fourth-order valence-corrected chi connectivity index (χ4v) is 3.99. The van der Waals surface area contributed by atoms with Crippen molar-refractivity contribution in [3.63, 3.8) is 0 Å². The molecular formula is C24H19Cl2N3O3. The molecule has 0 spiro atoms. The van der Waals surface area contributed by atoms with Crippen LogP contribution in [0.5, 0.6) is 0 Å². The van der Waals surface area contributed by atoms with Crippen LogP contribution in [0.25, 0.3) is 11.8 Å². The Kier molecular flexibility index (Phi) is 5.67. The van der Waals surface area contributed by atoms with Gasteiger partial charge in [-0.05, 0) is 80.4 Å². The highest BCUT2D eigenvalue weighted by atomic mass is 35.5. The van der Waals surface area contributed by atoms with Crippen molar-refractivity contribution in [2.75, 3.05) is 4.90 Å². The molecule has 0 aliphatic carbocycles. The maximum atomic E-state index is 13.2. The topological polar surface area (TPSA) is 71.4 Å². The highest BCUT2D eigenvalue weighted by Gasteiger charge is 2.37. The van der Waals surface area contributed by atoms with Crippen LogP contribution < -0.4 is 10.2 Å². The van der Waals surface area contributed by atoms with Gasteiger partial charge < -0.3 is 4.57 Å². The molecule has 8 heteroatoms. The molecule has 0 radical (unpaired) electrons. The van der Waals surface area contributed by atoms with Gasteiger partial charge in [-0.15, -0.1) is 0 Å². The molecule has 32 heavy (non-hydrogen) atoms. The molecular weight excluding hydrogens is 449 g/mol. The first-order valence-corrected chi connectivity index (χ1v) is 10.6. The lowest BCUT2D eigenvalue weighted by Crippen LogP contribution is -2.54. The molecule has 0 saturated carbocycles. The third-order valence-corrected chi connectivity index (χ3v) is 6.03. The molecule has 2 heterocycles. The van der Waals surface area contributed by atoms with Gasteiger partial charge >= 0.3 is 6.03 Å². The molecule has 0 unspecified atom stereocenters. The molecule has 1 fully saturated rings. The SMILES string of the molecule is Cc1ccc(N2C(=O)NC(=O)/C(=C\c3cc(C)n(-c4ccc(Cl)cc4)c3C)C2=O)cc1Cl. The molecule has 4 amide bonds. The summed E-state index contributed by atoms with van der Waals surface area (Å²) in [6.45, 7) is 5.63. The maximum Gasteiger partial charge on any atom is 0.335 e. The fraction of sp³-hybridized carbons (Fsp3) is 0.125. The molecule has 1 aliphatic rings. The molecule has 1 aliphatic heterocycles. The highest BCUT2D eigenvalue weighted by Crippen LogP contribution is 2.28. The minimum Gasteiger partial charge on any atom is -0.318 e. The van der Waals surface area contributed by atoms with E-state index in [-0.39, 0.29) is 11.3 Å². The average Bonchev–Trinajstić information content (AvgIpc) is 3.01. The number of amides is 4. The minimum absolute atomic E-state index is 0.141. The number of hydrogen-bond donors (Lipinski definition) is 1. The lowest BCUT2D eigenvalue weighted by molar-refractivity contribution is -0.122. The van der Waals surface area contributed by atoms with Crippen molar-refractivity contribution < 1.29 is 14.4 Å². The lowest BCUT2D eigenvalue weighted by Gasteiger charge is -2.26. The van der Waals surface area contributed by atoms with Crippen molar-refractivity contribution in [1.82, 2.24) is 9.88 Å². The largest absolute Gasteiger partial charge is 0.335 e. The summed E-state index contributed by atoms with van der Waals surface area (Å²) in [7, 11) is 0. The number of imide groups is 2. The van der Waals surface area contributed by atoms with Crippen LogP contribution in [0.3, 0.4) is 0 Å². The summed E-state index contributed by atoms with van der Waals surface area (Å²) in [6, 6.07) is 13.3. The van der Waals surface area contributed by atoms with E-state index in [0.717, 1.165) is 27.5 Å². The van der Waals surface area contributed by atoms with E-state index in [1.165, 1.54) is 12.1 Å². The first-order chi connectivity index (χ1) is 15.2. The van der Waals surface area contributed by atoms with Crippen molar-refractivity contribution in [3.8, 4) is 5.69 Å². The van der Waals surface area contributed by atoms with Crippen LogP contribution in [0.4, 0.5) is 10.5 Å². The molecule has 1 aromatic heterocycles. The highest BCUT2D eigenvalue weighted by molar-refractivity contribution is 6.39. The Balaban J connectivity index is 1.76. The van der Waals surface area contributed by atoms with Gasteiger partial charge in [0.2, 0.25) is 0 Å². The predicted octanol–water partition coefficient (Wildman–Crippen LogP) is 5.38. The summed E-state index contributed by atoms with van der Waals surface area (Å²) in [5.74, 6) is -1.46. The monoisotopic (exact) mass is 467 g/mol. The molecule has 2 aromatic carbocycles. The smallest absolute Gasteiger partial charge is 0.318 e. The third-order valence-electron chi connectivity index (χ3n) is 5.37. The molecule has 4 rings (SSSR count). The number of hydrogen-bond acceptors (Lipinski definition) is 3. The van der Waals surface area contributed by atoms with E-state index in [0.29, 0.717) is 15.6 Å². The summed E-state index contributed by atoms with van der Waals surface area (Å²) in [5, 5.41) is 3.28. The van der Waals surface area contributed by atoms with Gasteiger partial charge in [0.1, 0.15) is 5.57 Å². The van der Waals surface area contributed by atoms with Gasteiger partial charge in [-0.25, -0.2) is 9.69 Å². The molecule has 3 aromatic rings. The van der Waals surface area contributed by atoms with E-state index in [9.17, 15) is 14.4 Å². The number of nitrogens with zero attached hydrogens (tertiary/aromatic N) is 2. The zero-order valence-corrected chi connectivity index (χ0v) is 19.1. The van der Waals surface area contributed by atoms with Gasteiger partial charge in [-0.1, -0.05) is 29.3 Å². The van der Waals surface area contributed by atoms with Crippen molar-refractivity contribution >= 4 is 52.8 Å². The zero-order chi connectivity index (χ0) is 23.2. The van der Waals surface area contributed by atoms with Gasteiger partial charge in [-0.2, -0.15) is 0 Å². The normalized spacial score (nSPS) is 15.5. The number of rotatable bonds is 3. The van der Waals surface area contributed by atoms with Crippen LogP contribution in [-0.2, 0) is 9.59 Å². The van der Waals surface area contributed by atoms with Crippen molar-refractivity contribution in [2.45, 2.75) is 20.8 Å². The summed E-state index contributed by atoms with van der Waals surface area (Å²) in [4.78, 5) is 39.1. The number of barbiturate groups is 1. The second kappa shape index (κ2) is 8.30. The van der Waals surface area contributed by atoms with Gasteiger partial charge in [-0.3, -0.25) is 14.9 Å². The third kappa shape index (κ3) is 3.83. The quantitative estimate of drug-likeness (QED) is 0.415. The Hall–Kier alpha value is -3.35. The number of urea groups is 1. The number of halogens is 2. The molecule has 162 valence electrons. The Labute approximate surface area is 195 Å². The van der Waals surface area contributed by atoms with Gasteiger partial charge in [0.05, 0.1) is 5.69 Å². The molecule has 0 bridgehead atoms. The Morgan fingerprint density at radius 3 is 2.19 bits per heavy atom. The summed E-state index contributed by atoms with van der Waals surface area (Å²) in [5.41, 5.74) is 4.29. The number of aromatic nitrogens is 1. The number of nitrogens with one attached hydrogen (secondary N) is 1. The molecule has 1 N–H and O–H groups in total. The van der Waals surface area contributed by atoms with E-state index in [2.05, 4.69) is 5.32 Å². The fourth-order valence-electron chi connectivity index (χ4n) is 3.69. The molecule has 6 nitrogen and oxygen atoms in total. The minimum atomic E-state index is -0.816. The summed E-state index contributed by atoms with van der Waals surface area (Å²) in [6.07, 6.45) is 1.50. The standard InChI is InChI=1S/C24H19Cl2N3O3/c1-13-4-7-19(12-21(13)26)29-23(31)20(22(30)27-24(29)32)11-16-10-14(2)28(15(16)3)18-8-5-17(25)6-9-18/h4-12H,1-3H3,(H,27,30,32)/b20-11+. The lowest BCUT2D eigenvalue weighted by atomic mass is 10.1. The van der Waals surface area contributed by atoms with E-state index < -0.39 is 17.8 Å². The Morgan fingerprint density at radius 2 is 1.53 bits per heavy atom. The van der Waals surface area contributed by atoms with E-state index in [4.69, 9.17) is 23.2 Å². The van der Waals surface area contributed by atoms with Crippen molar-refractivity contribution in [3.05, 3.63) is 86.7 Å². The molecule has 0 atom stereocenters. The number of benzene rings is 2. The molecule has 1 saturated heterocycles. The van der Waals surface area contributed by atoms with Crippen LogP contribution in [0.15, 0.2) is 54.1 Å². The van der Waals surface area contributed by atoms with E-state index in [1.807, 2.05) is 43.5 Å². The Morgan fingerprint density at radius 1 is 0.875 bits per heavy atom. The van der Waals surface area contributed by atoms with Crippen LogP contribution in [0, 0.1) is 20.8 Å². The van der Waals surface area contributed by atoms with Crippen molar-refractivity contribution in [2.24, 2.45) is 0 Å². The van der Waals surface area contributed by atoms with Gasteiger partial charge in [0.25, 0.3) is 11.8 Å². The van der Waals surface area contributed by atoms with Crippen LogP contribution in [-0.4, -0.2) is 22.4 Å². The van der Waals surface area contributed by atoms with E-state index in [1.54, 1.807) is 24.3 Å². The number of carbonyl (C=O) groups is 3. The van der Waals surface area contributed by atoms with Gasteiger partial charge in [0, 0.05) is 27.1 Å². The zero-order valence-electron chi connectivity index (χ0n) is 17.6. The van der Waals surface area contributed by atoms with Crippen molar-refractivity contribution in [1.29, 1.82) is 0 Å². The number of aryl methyl sites for hydroxylation is 2.